The third kappa shape index (κ3) is 10.4. The number of nitrogens with zero attached hydrogens (tertiary/aromatic N) is 1. The Kier molecular flexibility index (Phi) is 11.1. The van der Waals surface area contributed by atoms with Gasteiger partial charge in [-0.1, -0.05) is 30.1 Å². The number of carbonyl (C=O) groups is 2. The number of aliphatic carboxylic acids is 2. The Morgan fingerprint density at radius 1 is 1.15 bits per heavy atom. The molecule has 0 saturated carbocycles. The molecule has 1 aliphatic rings. The fraction of sp³-hybridized carbons (Fsp3) is 0.556. The topological polar surface area (TPSA) is 96.3 Å². The van der Waals surface area contributed by atoms with E-state index in [0.717, 1.165) is 24.8 Å². The summed E-state index contributed by atoms with van der Waals surface area (Å²) in [5.41, 5.74) is 0. The van der Waals surface area contributed by atoms with Gasteiger partial charge < -0.3 is 24.6 Å². The zero-order valence-electron chi connectivity index (χ0n) is 15.2. The molecule has 7 nitrogen and oxygen atoms in total. The van der Waals surface area contributed by atoms with E-state index in [1.165, 1.54) is 25.9 Å². The summed E-state index contributed by atoms with van der Waals surface area (Å²) in [4.78, 5) is 20.7. The minimum atomic E-state index is -1.82. The lowest BCUT2D eigenvalue weighted by Gasteiger charge is -2.30. The van der Waals surface area contributed by atoms with Gasteiger partial charge in [-0.2, -0.15) is 0 Å². The third-order valence-electron chi connectivity index (χ3n) is 3.86. The first kappa shape index (κ1) is 23.5. The van der Waals surface area contributed by atoms with Crippen molar-refractivity contribution >= 4 is 35.1 Å². The van der Waals surface area contributed by atoms with Gasteiger partial charge in [0, 0.05) is 19.2 Å². The molecule has 1 aliphatic heterocycles. The van der Waals surface area contributed by atoms with Crippen LogP contribution in [0.1, 0.15) is 19.8 Å². The van der Waals surface area contributed by atoms with Gasteiger partial charge in [0.2, 0.25) is 0 Å². The highest BCUT2D eigenvalue weighted by Crippen LogP contribution is 2.26. The molecule has 0 amide bonds. The quantitative estimate of drug-likeness (QED) is 0.514. The van der Waals surface area contributed by atoms with Crippen LogP contribution >= 0.6 is 23.2 Å². The minimum Gasteiger partial charge on any atom is -0.491 e. The van der Waals surface area contributed by atoms with Crippen molar-refractivity contribution in [2.75, 3.05) is 39.5 Å². The summed E-state index contributed by atoms with van der Waals surface area (Å²) >= 11 is 11.8. The van der Waals surface area contributed by atoms with Crippen molar-refractivity contribution in [1.29, 1.82) is 0 Å². The van der Waals surface area contributed by atoms with Gasteiger partial charge in [0.15, 0.2) is 0 Å². The number of likely N-dealkylation sites (tertiary alicyclic amines) is 1. The van der Waals surface area contributed by atoms with E-state index < -0.39 is 11.9 Å². The van der Waals surface area contributed by atoms with E-state index in [-0.39, 0.29) is 0 Å². The smallest absolute Gasteiger partial charge is 0.414 e. The predicted octanol–water partition coefficient (Wildman–Crippen LogP) is 3.28. The maximum absolute atomic E-state index is 9.10. The first-order chi connectivity index (χ1) is 12.8. The Balaban J connectivity index is 0.000000527. The van der Waals surface area contributed by atoms with E-state index in [2.05, 4.69) is 11.8 Å². The Morgan fingerprint density at radius 3 is 2.44 bits per heavy atom. The number of benzene rings is 1. The first-order valence-corrected chi connectivity index (χ1v) is 9.39. The van der Waals surface area contributed by atoms with E-state index in [4.69, 9.17) is 52.5 Å². The van der Waals surface area contributed by atoms with Gasteiger partial charge in [0.05, 0.1) is 23.3 Å². The molecule has 1 atom stereocenters. The second kappa shape index (κ2) is 12.8. The molecule has 0 spiro atoms. The maximum atomic E-state index is 9.10. The standard InChI is InChI=1S/C16H23Cl2NO2.C2H2O4/c1-13-3-2-6-19(12-13)7-8-20-9-10-21-14-4-5-15(17)16(18)11-14;3-1(4)2(5)6/h4-5,11,13H,2-3,6-10,12H2,1H3;(H,3,4)(H,5,6). The molecule has 0 bridgehead atoms. The molecular weight excluding hydrogens is 397 g/mol. The van der Waals surface area contributed by atoms with Crippen LogP contribution < -0.4 is 4.74 Å². The third-order valence-corrected chi connectivity index (χ3v) is 4.60. The molecule has 1 fully saturated rings. The molecule has 1 unspecified atom stereocenters. The van der Waals surface area contributed by atoms with Crippen LogP contribution in [0.15, 0.2) is 18.2 Å². The fourth-order valence-corrected chi connectivity index (χ4v) is 2.86. The van der Waals surface area contributed by atoms with E-state index in [0.29, 0.717) is 23.3 Å². The Labute approximate surface area is 168 Å². The molecule has 0 radical (unpaired) electrons. The number of hydrogen-bond donors (Lipinski definition) is 2. The highest BCUT2D eigenvalue weighted by Gasteiger charge is 2.15. The van der Waals surface area contributed by atoms with Crippen molar-refractivity contribution in [2.24, 2.45) is 5.92 Å². The zero-order chi connectivity index (χ0) is 20.2. The van der Waals surface area contributed by atoms with Gasteiger partial charge in [-0.3, -0.25) is 0 Å². The molecule has 1 aromatic rings. The van der Waals surface area contributed by atoms with Crippen LogP contribution in [0.4, 0.5) is 0 Å². The summed E-state index contributed by atoms with van der Waals surface area (Å²) in [5.74, 6) is -2.11. The number of ether oxygens (including phenoxy) is 2. The number of carboxylic acid groups (broad SMARTS) is 2. The second-order valence-electron chi connectivity index (χ2n) is 6.20. The summed E-state index contributed by atoms with van der Waals surface area (Å²) in [5, 5.41) is 15.8. The zero-order valence-corrected chi connectivity index (χ0v) is 16.7. The summed E-state index contributed by atoms with van der Waals surface area (Å²) in [6, 6.07) is 5.26. The number of rotatable bonds is 7. The van der Waals surface area contributed by atoms with Crippen LogP contribution in [0.3, 0.4) is 0 Å². The predicted molar refractivity (Wildman–Crippen MR) is 103 cm³/mol. The van der Waals surface area contributed by atoms with Gasteiger partial charge >= 0.3 is 11.9 Å². The monoisotopic (exact) mass is 421 g/mol. The van der Waals surface area contributed by atoms with Gasteiger partial charge in [-0.15, -0.1) is 0 Å². The Bertz CT molecular complexity index is 602. The molecule has 2 rings (SSSR count). The largest absolute Gasteiger partial charge is 0.491 e. The molecule has 0 aromatic heterocycles. The molecule has 2 N–H and O–H groups in total. The molecule has 0 aliphatic carbocycles. The molecule has 27 heavy (non-hydrogen) atoms. The summed E-state index contributed by atoms with van der Waals surface area (Å²) in [7, 11) is 0. The normalized spacial score (nSPS) is 16.9. The molecular formula is C18H25Cl2NO6. The number of halogens is 2. The summed E-state index contributed by atoms with van der Waals surface area (Å²) in [6.45, 7) is 7.60. The van der Waals surface area contributed by atoms with Crippen LogP contribution in [0, 0.1) is 5.92 Å². The summed E-state index contributed by atoms with van der Waals surface area (Å²) in [6.07, 6.45) is 2.66. The van der Waals surface area contributed by atoms with Crippen LogP contribution in [0.5, 0.6) is 5.75 Å². The average molecular weight is 422 g/mol. The lowest BCUT2D eigenvalue weighted by molar-refractivity contribution is -0.159. The molecule has 1 aromatic carbocycles. The van der Waals surface area contributed by atoms with Crippen LogP contribution in [0.2, 0.25) is 10.0 Å². The van der Waals surface area contributed by atoms with Gasteiger partial charge in [0.1, 0.15) is 12.4 Å². The molecule has 1 heterocycles. The average Bonchev–Trinajstić information content (AvgIpc) is 2.61. The number of hydrogen-bond acceptors (Lipinski definition) is 5. The lowest BCUT2D eigenvalue weighted by atomic mass is 10.0. The molecule has 152 valence electrons. The van der Waals surface area contributed by atoms with Crippen molar-refractivity contribution < 1.29 is 29.3 Å². The van der Waals surface area contributed by atoms with Crippen LogP contribution in [0.25, 0.3) is 0 Å². The maximum Gasteiger partial charge on any atom is 0.414 e. The van der Waals surface area contributed by atoms with Crippen LogP contribution in [-0.2, 0) is 14.3 Å². The first-order valence-electron chi connectivity index (χ1n) is 8.63. The summed E-state index contributed by atoms with van der Waals surface area (Å²) < 4.78 is 11.2. The Hall–Kier alpha value is -1.54. The van der Waals surface area contributed by atoms with Gasteiger partial charge in [-0.25, -0.2) is 9.59 Å². The molecule has 1 saturated heterocycles. The van der Waals surface area contributed by atoms with Crippen molar-refractivity contribution in [3.63, 3.8) is 0 Å². The van der Waals surface area contributed by atoms with E-state index in [1.54, 1.807) is 12.1 Å². The van der Waals surface area contributed by atoms with E-state index >= 15 is 0 Å². The highest BCUT2D eigenvalue weighted by molar-refractivity contribution is 6.42. The SMILES string of the molecule is CC1CCCN(CCOCCOc2ccc(Cl)c(Cl)c2)C1.O=C(O)C(=O)O. The van der Waals surface area contributed by atoms with Crippen molar-refractivity contribution in [1.82, 2.24) is 4.90 Å². The highest BCUT2D eigenvalue weighted by atomic mass is 35.5. The Morgan fingerprint density at radius 2 is 1.85 bits per heavy atom. The van der Waals surface area contributed by atoms with Crippen LogP contribution in [-0.4, -0.2) is 66.5 Å². The fourth-order valence-electron chi connectivity index (χ4n) is 2.57. The number of piperidine rings is 1. The second-order valence-corrected chi connectivity index (χ2v) is 7.01. The van der Waals surface area contributed by atoms with E-state index in [9.17, 15) is 0 Å². The van der Waals surface area contributed by atoms with E-state index in [1.807, 2.05) is 6.07 Å². The van der Waals surface area contributed by atoms with Crippen molar-refractivity contribution in [3.8, 4) is 5.75 Å². The number of carboxylic acids is 2. The molecule has 9 heteroatoms. The van der Waals surface area contributed by atoms with Crippen molar-refractivity contribution in [3.05, 3.63) is 28.2 Å². The van der Waals surface area contributed by atoms with Crippen molar-refractivity contribution in [2.45, 2.75) is 19.8 Å². The van der Waals surface area contributed by atoms with Gasteiger partial charge in [-0.05, 0) is 37.4 Å². The minimum absolute atomic E-state index is 0.509. The lowest BCUT2D eigenvalue weighted by Crippen LogP contribution is -2.36. The van der Waals surface area contributed by atoms with Gasteiger partial charge in [0.25, 0.3) is 0 Å².